The van der Waals surface area contributed by atoms with Crippen molar-refractivity contribution in [3.63, 3.8) is 0 Å². The molecule has 3 rings (SSSR count). The maximum Gasteiger partial charge on any atom is 0.258 e. The van der Waals surface area contributed by atoms with Gasteiger partial charge in [0.15, 0.2) is 5.82 Å². The molecule has 1 saturated carbocycles. The van der Waals surface area contributed by atoms with E-state index in [0.717, 1.165) is 15.9 Å². The Kier molecular flexibility index (Phi) is 3.55. The predicted molar refractivity (Wildman–Crippen MR) is 77.7 cm³/mol. The molecule has 2 N–H and O–H groups in total. The van der Waals surface area contributed by atoms with Crippen molar-refractivity contribution in [1.29, 1.82) is 0 Å². The van der Waals surface area contributed by atoms with Crippen LogP contribution in [0, 0.1) is 0 Å². The van der Waals surface area contributed by atoms with E-state index in [1.807, 2.05) is 18.2 Å². The summed E-state index contributed by atoms with van der Waals surface area (Å²) in [6.45, 7) is 0. The van der Waals surface area contributed by atoms with Crippen LogP contribution in [0.25, 0.3) is 11.5 Å². The van der Waals surface area contributed by atoms with Crippen molar-refractivity contribution in [3.05, 3.63) is 28.5 Å². The van der Waals surface area contributed by atoms with Crippen LogP contribution in [0.5, 0.6) is 0 Å². The predicted octanol–water partition coefficient (Wildman–Crippen LogP) is 4.13. The van der Waals surface area contributed by atoms with Crippen LogP contribution in [0.1, 0.15) is 43.8 Å². The fourth-order valence-electron chi connectivity index (χ4n) is 2.56. The first-order valence-electron chi connectivity index (χ1n) is 6.63. The van der Waals surface area contributed by atoms with Gasteiger partial charge in [-0.15, -0.1) is 0 Å². The molecule has 1 fully saturated rings. The van der Waals surface area contributed by atoms with Crippen LogP contribution in [0.15, 0.2) is 27.2 Å². The Labute approximate surface area is 120 Å². The molecule has 0 radical (unpaired) electrons. The van der Waals surface area contributed by atoms with Crippen molar-refractivity contribution in [2.45, 2.75) is 38.0 Å². The average molecular weight is 322 g/mol. The molecule has 5 heteroatoms. The van der Waals surface area contributed by atoms with Crippen LogP contribution in [-0.2, 0) is 0 Å². The summed E-state index contributed by atoms with van der Waals surface area (Å²) in [7, 11) is 0. The van der Waals surface area contributed by atoms with Crippen molar-refractivity contribution in [2.75, 3.05) is 5.73 Å². The van der Waals surface area contributed by atoms with Gasteiger partial charge in [-0.3, -0.25) is 0 Å². The summed E-state index contributed by atoms with van der Waals surface area (Å²) in [5, 5.41) is 4.13. The molecular formula is C14H16BrN3O. The van der Waals surface area contributed by atoms with Gasteiger partial charge in [0.2, 0.25) is 0 Å². The smallest absolute Gasteiger partial charge is 0.258 e. The molecule has 0 bridgehead atoms. The van der Waals surface area contributed by atoms with Gasteiger partial charge in [0, 0.05) is 21.6 Å². The standard InChI is InChI=1S/C14H16BrN3O/c15-11-7-6-10(8-12(11)16)14-17-13(18-19-14)9-4-2-1-3-5-9/h6-9H,1-5,16H2. The molecule has 0 saturated heterocycles. The van der Waals surface area contributed by atoms with E-state index in [-0.39, 0.29) is 0 Å². The highest BCUT2D eigenvalue weighted by Gasteiger charge is 2.21. The summed E-state index contributed by atoms with van der Waals surface area (Å²) in [4.78, 5) is 4.53. The minimum atomic E-state index is 0.457. The molecule has 100 valence electrons. The first-order valence-corrected chi connectivity index (χ1v) is 7.42. The summed E-state index contributed by atoms with van der Waals surface area (Å²) in [6.07, 6.45) is 6.19. The van der Waals surface area contributed by atoms with Crippen LogP contribution in [0.2, 0.25) is 0 Å². The van der Waals surface area contributed by atoms with Crippen LogP contribution < -0.4 is 5.73 Å². The fraction of sp³-hybridized carbons (Fsp3) is 0.429. The summed E-state index contributed by atoms with van der Waals surface area (Å²) < 4.78 is 6.24. The van der Waals surface area contributed by atoms with Crippen LogP contribution in [0.4, 0.5) is 5.69 Å². The Bertz CT molecular complexity index is 576. The van der Waals surface area contributed by atoms with Crippen LogP contribution in [-0.4, -0.2) is 10.1 Å². The van der Waals surface area contributed by atoms with Crippen molar-refractivity contribution >= 4 is 21.6 Å². The lowest BCUT2D eigenvalue weighted by atomic mass is 9.89. The highest BCUT2D eigenvalue weighted by molar-refractivity contribution is 9.10. The molecule has 1 aromatic carbocycles. The number of benzene rings is 1. The Morgan fingerprint density at radius 2 is 2.00 bits per heavy atom. The monoisotopic (exact) mass is 321 g/mol. The molecule has 0 aliphatic heterocycles. The summed E-state index contributed by atoms with van der Waals surface area (Å²) >= 11 is 3.38. The molecule has 0 atom stereocenters. The molecule has 19 heavy (non-hydrogen) atoms. The fourth-order valence-corrected chi connectivity index (χ4v) is 2.80. The Hall–Kier alpha value is -1.36. The van der Waals surface area contributed by atoms with Crippen LogP contribution >= 0.6 is 15.9 Å². The number of hydrogen-bond acceptors (Lipinski definition) is 4. The molecule has 1 aliphatic rings. The van der Waals surface area contributed by atoms with Gasteiger partial charge in [-0.25, -0.2) is 0 Å². The largest absolute Gasteiger partial charge is 0.398 e. The third kappa shape index (κ3) is 2.66. The zero-order valence-corrected chi connectivity index (χ0v) is 12.2. The number of rotatable bonds is 2. The van der Waals surface area contributed by atoms with E-state index in [1.165, 1.54) is 32.1 Å². The maximum absolute atomic E-state index is 5.87. The third-order valence-electron chi connectivity index (χ3n) is 3.66. The van der Waals surface area contributed by atoms with E-state index in [0.29, 0.717) is 17.5 Å². The molecule has 1 aromatic heterocycles. The van der Waals surface area contributed by atoms with Gasteiger partial charge in [0.25, 0.3) is 5.89 Å². The van der Waals surface area contributed by atoms with E-state index in [9.17, 15) is 0 Å². The first-order chi connectivity index (χ1) is 9.24. The van der Waals surface area contributed by atoms with Crippen molar-refractivity contribution < 1.29 is 4.52 Å². The second kappa shape index (κ2) is 5.33. The highest BCUT2D eigenvalue weighted by Crippen LogP contribution is 2.32. The number of nitrogens with two attached hydrogens (primary N) is 1. The van der Waals surface area contributed by atoms with Crippen molar-refractivity contribution in [2.24, 2.45) is 0 Å². The second-order valence-electron chi connectivity index (χ2n) is 5.03. The van der Waals surface area contributed by atoms with E-state index in [2.05, 4.69) is 26.1 Å². The zero-order valence-electron chi connectivity index (χ0n) is 10.6. The first kappa shape index (κ1) is 12.7. The minimum absolute atomic E-state index is 0.457. The van der Waals surface area contributed by atoms with Gasteiger partial charge in [0.1, 0.15) is 0 Å². The molecule has 1 aliphatic carbocycles. The van der Waals surface area contributed by atoms with Crippen molar-refractivity contribution in [3.8, 4) is 11.5 Å². The topological polar surface area (TPSA) is 64.9 Å². The van der Waals surface area contributed by atoms with Gasteiger partial charge in [-0.1, -0.05) is 24.4 Å². The number of nitrogens with zero attached hydrogens (tertiary/aromatic N) is 2. The SMILES string of the molecule is Nc1cc(-c2nc(C3CCCCC3)no2)ccc1Br. The molecular weight excluding hydrogens is 306 g/mol. The number of aromatic nitrogens is 2. The van der Waals surface area contributed by atoms with Crippen LogP contribution in [0.3, 0.4) is 0 Å². The molecule has 1 heterocycles. The maximum atomic E-state index is 5.87. The van der Waals surface area contributed by atoms with Crippen molar-refractivity contribution in [1.82, 2.24) is 10.1 Å². The lowest BCUT2D eigenvalue weighted by Gasteiger charge is -2.17. The normalized spacial score (nSPS) is 16.7. The number of nitrogen functional groups attached to an aromatic ring is 1. The Balaban J connectivity index is 1.85. The number of hydrogen-bond donors (Lipinski definition) is 1. The second-order valence-corrected chi connectivity index (χ2v) is 5.88. The molecule has 0 unspecified atom stereocenters. The van der Waals surface area contributed by atoms with Gasteiger partial charge in [0.05, 0.1) is 0 Å². The molecule has 0 spiro atoms. The summed E-state index contributed by atoms with van der Waals surface area (Å²) in [6, 6.07) is 5.68. The molecule has 4 nitrogen and oxygen atoms in total. The lowest BCUT2D eigenvalue weighted by Crippen LogP contribution is -2.06. The lowest BCUT2D eigenvalue weighted by molar-refractivity contribution is 0.385. The third-order valence-corrected chi connectivity index (χ3v) is 4.38. The number of halogens is 1. The summed E-state index contributed by atoms with van der Waals surface area (Å²) in [5.74, 6) is 1.86. The highest BCUT2D eigenvalue weighted by atomic mass is 79.9. The molecule has 2 aromatic rings. The van der Waals surface area contributed by atoms with E-state index >= 15 is 0 Å². The van der Waals surface area contributed by atoms with Gasteiger partial charge < -0.3 is 10.3 Å². The Morgan fingerprint density at radius 3 is 2.74 bits per heavy atom. The van der Waals surface area contributed by atoms with E-state index < -0.39 is 0 Å². The van der Waals surface area contributed by atoms with E-state index in [1.54, 1.807) is 0 Å². The Morgan fingerprint density at radius 1 is 1.21 bits per heavy atom. The minimum Gasteiger partial charge on any atom is -0.398 e. The van der Waals surface area contributed by atoms with Gasteiger partial charge >= 0.3 is 0 Å². The number of anilines is 1. The average Bonchev–Trinajstić information content (AvgIpc) is 2.93. The summed E-state index contributed by atoms with van der Waals surface area (Å²) in [5.41, 5.74) is 7.42. The quantitative estimate of drug-likeness (QED) is 0.844. The van der Waals surface area contributed by atoms with Gasteiger partial charge in [-0.05, 0) is 47.0 Å². The van der Waals surface area contributed by atoms with Gasteiger partial charge in [-0.2, -0.15) is 4.98 Å². The zero-order chi connectivity index (χ0) is 13.2. The van der Waals surface area contributed by atoms with E-state index in [4.69, 9.17) is 10.3 Å². The molecule has 0 amide bonds.